The van der Waals surface area contributed by atoms with Crippen LogP contribution in [0.1, 0.15) is 35.6 Å². The van der Waals surface area contributed by atoms with Crippen LogP contribution in [0.5, 0.6) is 5.75 Å². The van der Waals surface area contributed by atoms with Gasteiger partial charge in [-0.3, -0.25) is 9.59 Å². The van der Waals surface area contributed by atoms with Gasteiger partial charge in [0.25, 0.3) is 0 Å². The zero-order valence-corrected chi connectivity index (χ0v) is 15.5. The minimum atomic E-state index is -0.432. The van der Waals surface area contributed by atoms with Crippen LogP contribution < -0.4 is 10.1 Å². The monoisotopic (exact) mass is 355 g/mol. The van der Waals surface area contributed by atoms with E-state index in [1.165, 1.54) is 12.7 Å². The van der Waals surface area contributed by atoms with Crippen LogP contribution in [0.15, 0.2) is 48.5 Å². The fourth-order valence-electron chi connectivity index (χ4n) is 2.62. The summed E-state index contributed by atoms with van der Waals surface area (Å²) in [6, 6.07) is 15.0. The average Bonchev–Trinajstić information content (AvgIpc) is 2.67. The molecule has 1 N–H and O–H groups in total. The SMILES string of the molecule is COC(=O)CC(NC(=O)CCc1ccc(C)cc1)c1ccc(OC)cc1. The van der Waals surface area contributed by atoms with Gasteiger partial charge in [0.2, 0.25) is 5.91 Å². The Kier molecular flexibility index (Phi) is 7.21. The van der Waals surface area contributed by atoms with E-state index in [1.807, 2.05) is 43.3 Å². The van der Waals surface area contributed by atoms with Crippen molar-refractivity contribution in [3.63, 3.8) is 0 Å². The molecule has 0 aliphatic rings. The van der Waals surface area contributed by atoms with E-state index in [0.29, 0.717) is 12.8 Å². The number of nitrogens with one attached hydrogen (secondary N) is 1. The number of carbonyl (C=O) groups is 2. The zero-order chi connectivity index (χ0) is 18.9. The lowest BCUT2D eigenvalue weighted by molar-refractivity contribution is -0.141. The van der Waals surface area contributed by atoms with E-state index in [1.54, 1.807) is 19.2 Å². The molecule has 2 aromatic carbocycles. The second-order valence-electron chi connectivity index (χ2n) is 6.16. The van der Waals surface area contributed by atoms with Gasteiger partial charge in [0.1, 0.15) is 5.75 Å². The highest BCUT2D eigenvalue weighted by Crippen LogP contribution is 2.21. The molecule has 0 radical (unpaired) electrons. The molecule has 138 valence electrons. The third-order valence-electron chi connectivity index (χ3n) is 4.21. The molecule has 2 aromatic rings. The topological polar surface area (TPSA) is 64.6 Å². The first kappa shape index (κ1) is 19.5. The average molecular weight is 355 g/mol. The van der Waals surface area contributed by atoms with Gasteiger partial charge < -0.3 is 14.8 Å². The van der Waals surface area contributed by atoms with Gasteiger partial charge in [-0.1, -0.05) is 42.0 Å². The summed E-state index contributed by atoms with van der Waals surface area (Å²) < 4.78 is 9.90. The summed E-state index contributed by atoms with van der Waals surface area (Å²) in [6.07, 6.45) is 1.09. The Bertz CT molecular complexity index is 723. The Morgan fingerprint density at radius 1 is 1.00 bits per heavy atom. The van der Waals surface area contributed by atoms with Crippen LogP contribution in [0.4, 0.5) is 0 Å². The summed E-state index contributed by atoms with van der Waals surface area (Å²) in [7, 11) is 2.93. The van der Waals surface area contributed by atoms with Crippen molar-refractivity contribution in [1.82, 2.24) is 5.32 Å². The van der Waals surface area contributed by atoms with Crippen molar-refractivity contribution in [2.75, 3.05) is 14.2 Å². The Morgan fingerprint density at radius 3 is 2.23 bits per heavy atom. The number of methoxy groups -OCH3 is 2. The third kappa shape index (κ3) is 5.92. The molecular weight excluding hydrogens is 330 g/mol. The van der Waals surface area contributed by atoms with Crippen molar-refractivity contribution in [2.24, 2.45) is 0 Å². The third-order valence-corrected chi connectivity index (χ3v) is 4.21. The number of rotatable bonds is 8. The van der Waals surface area contributed by atoms with Crippen molar-refractivity contribution in [3.8, 4) is 5.75 Å². The van der Waals surface area contributed by atoms with Crippen molar-refractivity contribution >= 4 is 11.9 Å². The second kappa shape index (κ2) is 9.61. The van der Waals surface area contributed by atoms with Crippen LogP contribution >= 0.6 is 0 Å². The Morgan fingerprint density at radius 2 is 1.65 bits per heavy atom. The lowest BCUT2D eigenvalue weighted by Gasteiger charge is -2.18. The van der Waals surface area contributed by atoms with E-state index in [4.69, 9.17) is 9.47 Å². The molecular formula is C21H25NO4. The molecule has 0 aromatic heterocycles. The Balaban J connectivity index is 2.00. The molecule has 1 amide bonds. The van der Waals surface area contributed by atoms with Gasteiger partial charge in [-0.05, 0) is 36.6 Å². The number of aryl methyl sites for hydroxylation is 2. The maximum Gasteiger partial charge on any atom is 0.307 e. The molecule has 2 rings (SSSR count). The van der Waals surface area contributed by atoms with Gasteiger partial charge in [0.15, 0.2) is 0 Å². The highest BCUT2D eigenvalue weighted by atomic mass is 16.5. The number of hydrogen-bond acceptors (Lipinski definition) is 4. The van der Waals surface area contributed by atoms with Gasteiger partial charge in [-0.25, -0.2) is 0 Å². The number of esters is 1. The van der Waals surface area contributed by atoms with E-state index in [0.717, 1.165) is 16.9 Å². The Hall–Kier alpha value is -2.82. The molecule has 0 aliphatic heterocycles. The minimum Gasteiger partial charge on any atom is -0.497 e. The van der Waals surface area contributed by atoms with E-state index in [2.05, 4.69) is 5.32 Å². The lowest BCUT2D eigenvalue weighted by Crippen LogP contribution is -2.30. The van der Waals surface area contributed by atoms with E-state index in [9.17, 15) is 9.59 Å². The normalized spacial score (nSPS) is 11.5. The first-order valence-electron chi connectivity index (χ1n) is 8.57. The lowest BCUT2D eigenvalue weighted by atomic mass is 10.0. The number of carbonyl (C=O) groups excluding carboxylic acids is 2. The summed E-state index contributed by atoms with van der Waals surface area (Å²) in [5, 5.41) is 2.94. The molecule has 0 bridgehead atoms. The smallest absolute Gasteiger partial charge is 0.307 e. The molecule has 1 atom stereocenters. The molecule has 0 aliphatic carbocycles. The van der Waals surface area contributed by atoms with Crippen LogP contribution in [0, 0.1) is 6.92 Å². The van der Waals surface area contributed by atoms with E-state index < -0.39 is 6.04 Å². The molecule has 5 nitrogen and oxygen atoms in total. The summed E-state index contributed by atoms with van der Waals surface area (Å²) in [6.45, 7) is 2.03. The number of amides is 1. The first-order chi connectivity index (χ1) is 12.5. The van der Waals surface area contributed by atoms with Gasteiger partial charge in [0.05, 0.1) is 26.7 Å². The maximum absolute atomic E-state index is 12.4. The molecule has 26 heavy (non-hydrogen) atoms. The molecule has 0 saturated carbocycles. The minimum absolute atomic E-state index is 0.0824. The molecule has 5 heteroatoms. The van der Waals surface area contributed by atoms with Gasteiger partial charge in [-0.15, -0.1) is 0 Å². The van der Waals surface area contributed by atoms with E-state index in [-0.39, 0.29) is 18.3 Å². The number of hydrogen-bond donors (Lipinski definition) is 1. The Labute approximate surface area is 154 Å². The zero-order valence-electron chi connectivity index (χ0n) is 15.5. The highest BCUT2D eigenvalue weighted by Gasteiger charge is 2.19. The van der Waals surface area contributed by atoms with Gasteiger partial charge >= 0.3 is 5.97 Å². The quantitative estimate of drug-likeness (QED) is 0.738. The summed E-state index contributed by atoms with van der Waals surface area (Å²) in [4.78, 5) is 24.1. The summed E-state index contributed by atoms with van der Waals surface area (Å²) >= 11 is 0. The van der Waals surface area contributed by atoms with E-state index >= 15 is 0 Å². The fourth-order valence-corrected chi connectivity index (χ4v) is 2.62. The molecule has 0 heterocycles. The fraction of sp³-hybridized carbons (Fsp3) is 0.333. The van der Waals surface area contributed by atoms with Crippen molar-refractivity contribution in [3.05, 3.63) is 65.2 Å². The van der Waals surface area contributed by atoms with Crippen LogP contribution in [0.3, 0.4) is 0 Å². The highest BCUT2D eigenvalue weighted by molar-refractivity contribution is 5.78. The predicted molar refractivity (Wildman–Crippen MR) is 100 cm³/mol. The van der Waals surface area contributed by atoms with Crippen LogP contribution in [0.25, 0.3) is 0 Å². The molecule has 0 saturated heterocycles. The van der Waals surface area contributed by atoms with Gasteiger partial charge in [0, 0.05) is 6.42 Å². The molecule has 1 unspecified atom stereocenters. The maximum atomic E-state index is 12.4. The van der Waals surface area contributed by atoms with Crippen LogP contribution in [-0.2, 0) is 20.7 Å². The van der Waals surface area contributed by atoms with Crippen molar-refractivity contribution in [2.45, 2.75) is 32.2 Å². The molecule has 0 fully saturated rings. The van der Waals surface area contributed by atoms with Crippen LogP contribution in [0.2, 0.25) is 0 Å². The summed E-state index contributed by atoms with van der Waals surface area (Å²) in [5.74, 6) is 0.246. The predicted octanol–water partition coefficient (Wildman–Crippen LogP) is 3.36. The second-order valence-corrected chi connectivity index (χ2v) is 6.16. The number of ether oxygens (including phenoxy) is 2. The first-order valence-corrected chi connectivity index (χ1v) is 8.57. The van der Waals surface area contributed by atoms with Crippen molar-refractivity contribution < 1.29 is 19.1 Å². The summed E-state index contributed by atoms with van der Waals surface area (Å²) in [5.41, 5.74) is 3.13. The number of benzene rings is 2. The van der Waals surface area contributed by atoms with Crippen molar-refractivity contribution in [1.29, 1.82) is 0 Å². The standard InChI is InChI=1S/C21H25NO4/c1-15-4-6-16(7-5-15)8-13-20(23)22-19(14-21(24)26-3)17-9-11-18(25-2)12-10-17/h4-7,9-12,19H,8,13-14H2,1-3H3,(H,22,23). The van der Waals surface area contributed by atoms with Crippen LogP contribution in [-0.4, -0.2) is 26.1 Å². The van der Waals surface area contributed by atoms with Gasteiger partial charge in [-0.2, -0.15) is 0 Å². The molecule has 0 spiro atoms. The largest absolute Gasteiger partial charge is 0.497 e.